The molecule has 0 aliphatic heterocycles. The smallest absolute Gasteiger partial charge is 0.411 e. The fraction of sp³-hybridized carbons (Fsp3) is 0.333. The van der Waals surface area contributed by atoms with Gasteiger partial charge in [-0.25, -0.2) is 9.59 Å². The van der Waals surface area contributed by atoms with Crippen LogP contribution in [-0.2, 0) is 27.3 Å². The number of carbonyl (C=O) groups is 2. The van der Waals surface area contributed by atoms with E-state index in [0.29, 0.717) is 6.42 Å². The van der Waals surface area contributed by atoms with E-state index in [1.807, 2.05) is 60.7 Å². The van der Waals surface area contributed by atoms with Crippen LogP contribution in [0.3, 0.4) is 0 Å². The van der Waals surface area contributed by atoms with E-state index in [1.54, 1.807) is 13.8 Å². The van der Waals surface area contributed by atoms with Crippen LogP contribution in [0.25, 0.3) is 0 Å². The van der Waals surface area contributed by atoms with E-state index in [9.17, 15) is 9.59 Å². The van der Waals surface area contributed by atoms with Gasteiger partial charge < -0.3 is 9.47 Å². The number of amides is 1. The molecule has 0 aliphatic rings. The molecule has 0 saturated carbocycles. The quantitative estimate of drug-likeness (QED) is 0.348. The molecule has 0 spiro atoms. The van der Waals surface area contributed by atoms with Gasteiger partial charge in [0.25, 0.3) is 0 Å². The van der Waals surface area contributed by atoms with Crippen LogP contribution in [0.15, 0.2) is 60.7 Å². The van der Waals surface area contributed by atoms with Crippen molar-refractivity contribution in [3.63, 3.8) is 0 Å². The lowest BCUT2D eigenvalue weighted by Gasteiger charge is -2.31. The molecule has 0 radical (unpaired) electrons. The second-order valence-electron chi connectivity index (χ2n) is 5.98. The Morgan fingerprint density at radius 3 is 2.04 bits per heavy atom. The minimum Gasteiger partial charge on any atom is -0.464 e. The van der Waals surface area contributed by atoms with Crippen molar-refractivity contribution in [2.45, 2.75) is 37.9 Å². The van der Waals surface area contributed by atoms with Gasteiger partial charge in [-0.15, -0.1) is 0 Å². The number of hydrogen-bond donors (Lipinski definition) is 0. The molecule has 6 heteroatoms. The molecule has 2 rings (SSSR count). The van der Waals surface area contributed by atoms with Gasteiger partial charge in [0.1, 0.15) is 12.6 Å². The summed E-state index contributed by atoms with van der Waals surface area (Å²) in [6, 6.07) is 18.2. The van der Waals surface area contributed by atoms with Gasteiger partial charge in [0, 0.05) is 6.42 Å². The molecule has 0 aliphatic carbocycles. The van der Waals surface area contributed by atoms with Crippen LogP contribution in [0.2, 0.25) is 0 Å². The molecule has 0 N–H and O–H groups in total. The average Bonchev–Trinajstić information content (AvgIpc) is 2.67. The third-order valence-corrected chi connectivity index (χ3v) is 4.41. The molecule has 0 saturated heterocycles. The largest absolute Gasteiger partial charge is 0.464 e. The van der Waals surface area contributed by atoms with E-state index in [2.05, 4.69) is 15.9 Å². The summed E-state index contributed by atoms with van der Waals surface area (Å²) in [5.74, 6) is -0.454. The lowest BCUT2D eigenvalue weighted by Crippen LogP contribution is -2.50. The predicted molar refractivity (Wildman–Crippen MR) is 107 cm³/mol. The Morgan fingerprint density at radius 1 is 0.963 bits per heavy atom. The standard InChI is InChI=1S/C21H24BrNO4/c1-3-26-20(24)19(14-17-10-6-4-7-11-17)23(16(2)22)21(25)27-15-18-12-8-5-9-13-18/h4-13,16,19H,3,14-15H2,1-2H3/t16-,19+/m1/s1. The molecule has 0 heterocycles. The second kappa shape index (κ2) is 10.7. The molecule has 2 atom stereocenters. The van der Waals surface area contributed by atoms with Gasteiger partial charge in [0.15, 0.2) is 0 Å². The van der Waals surface area contributed by atoms with E-state index in [4.69, 9.17) is 9.47 Å². The van der Waals surface area contributed by atoms with Crippen molar-refractivity contribution in [3.8, 4) is 0 Å². The maximum atomic E-state index is 12.8. The van der Waals surface area contributed by atoms with Crippen molar-refractivity contribution in [2.75, 3.05) is 6.61 Å². The molecule has 144 valence electrons. The van der Waals surface area contributed by atoms with Gasteiger partial charge in [0.2, 0.25) is 0 Å². The number of halogens is 1. The van der Waals surface area contributed by atoms with E-state index < -0.39 is 23.1 Å². The number of ether oxygens (including phenoxy) is 2. The highest BCUT2D eigenvalue weighted by molar-refractivity contribution is 9.09. The molecule has 5 nitrogen and oxygen atoms in total. The number of benzene rings is 2. The summed E-state index contributed by atoms with van der Waals surface area (Å²) in [6.07, 6.45) is -0.229. The Balaban J connectivity index is 2.18. The van der Waals surface area contributed by atoms with E-state index in [1.165, 1.54) is 4.90 Å². The van der Waals surface area contributed by atoms with Crippen molar-refractivity contribution < 1.29 is 19.1 Å². The third-order valence-electron chi connectivity index (χ3n) is 3.97. The van der Waals surface area contributed by atoms with Gasteiger partial charge >= 0.3 is 12.1 Å². The lowest BCUT2D eigenvalue weighted by atomic mass is 10.0. The summed E-state index contributed by atoms with van der Waals surface area (Å²) >= 11 is 3.42. The first-order valence-electron chi connectivity index (χ1n) is 8.86. The fourth-order valence-corrected chi connectivity index (χ4v) is 3.14. The van der Waals surface area contributed by atoms with Crippen LogP contribution >= 0.6 is 15.9 Å². The zero-order chi connectivity index (χ0) is 19.6. The van der Waals surface area contributed by atoms with Crippen LogP contribution in [0.5, 0.6) is 0 Å². The minimum absolute atomic E-state index is 0.136. The average molecular weight is 434 g/mol. The predicted octanol–water partition coefficient (Wildman–Crippen LogP) is 4.54. The number of nitrogens with zero attached hydrogens (tertiary/aromatic N) is 1. The second-order valence-corrected chi connectivity index (χ2v) is 7.30. The lowest BCUT2D eigenvalue weighted by molar-refractivity contribution is -0.149. The molecule has 0 aromatic heterocycles. The Morgan fingerprint density at radius 2 is 1.52 bits per heavy atom. The number of rotatable bonds is 8. The van der Waals surface area contributed by atoms with Gasteiger partial charge in [0.05, 0.1) is 11.6 Å². The Labute approximate surface area is 168 Å². The third kappa shape index (κ3) is 6.40. The summed E-state index contributed by atoms with van der Waals surface area (Å²) in [5.41, 5.74) is 1.81. The van der Waals surface area contributed by atoms with Crippen molar-refractivity contribution >= 4 is 28.0 Å². The van der Waals surface area contributed by atoms with Crippen LogP contribution in [0.4, 0.5) is 4.79 Å². The monoisotopic (exact) mass is 433 g/mol. The van der Waals surface area contributed by atoms with Crippen molar-refractivity contribution in [1.29, 1.82) is 0 Å². The summed E-state index contributed by atoms with van der Waals surface area (Å²) in [5, 5.41) is 0. The van der Waals surface area contributed by atoms with Crippen LogP contribution in [0, 0.1) is 0 Å². The molecule has 2 aromatic rings. The van der Waals surface area contributed by atoms with E-state index >= 15 is 0 Å². The van der Waals surface area contributed by atoms with Gasteiger partial charge in [-0.05, 0) is 25.0 Å². The molecule has 2 aromatic carbocycles. The molecular formula is C21H24BrNO4. The SMILES string of the molecule is CCOC(=O)[C@H](Cc1ccccc1)N(C(=O)OCc1ccccc1)[C@H](C)Br. The van der Waals surface area contributed by atoms with Crippen LogP contribution < -0.4 is 0 Å². The molecule has 0 fully saturated rings. The van der Waals surface area contributed by atoms with Crippen LogP contribution in [-0.4, -0.2) is 34.6 Å². The number of esters is 1. The molecule has 0 bridgehead atoms. The number of alkyl halides is 1. The summed E-state index contributed by atoms with van der Waals surface area (Å²) in [7, 11) is 0. The zero-order valence-corrected chi connectivity index (χ0v) is 17.1. The summed E-state index contributed by atoms with van der Waals surface area (Å²) in [6.45, 7) is 3.90. The zero-order valence-electron chi connectivity index (χ0n) is 15.5. The first-order chi connectivity index (χ1) is 13.0. The highest BCUT2D eigenvalue weighted by atomic mass is 79.9. The number of hydrogen-bond acceptors (Lipinski definition) is 4. The molecular weight excluding hydrogens is 410 g/mol. The van der Waals surface area contributed by atoms with Gasteiger partial charge in [-0.1, -0.05) is 76.6 Å². The highest BCUT2D eigenvalue weighted by Crippen LogP contribution is 2.19. The maximum Gasteiger partial charge on any atom is 0.411 e. The highest BCUT2D eigenvalue weighted by Gasteiger charge is 2.35. The van der Waals surface area contributed by atoms with Crippen molar-refractivity contribution in [3.05, 3.63) is 71.8 Å². The van der Waals surface area contributed by atoms with Gasteiger partial charge in [-0.3, -0.25) is 4.90 Å². The molecule has 1 amide bonds. The van der Waals surface area contributed by atoms with E-state index in [0.717, 1.165) is 11.1 Å². The summed E-state index contributed by atoms with van der Waals surface area (Å²) < 4.78 is 10.7. The maximum absolute atomic E-state index is 12.8. The number of carbonyl (C=O) groups excluding carboxylic acids is 2. The fourth-order valence-electron chi connectivity index (χ4n) is 2.69. The molecule has 0 unspecified atom stereocenters. The van der Waals surface area contributed by atoms with Crippen molar-refractivity contribution in [2.24, 2.45) is 0 Å². The van der Waals surface area contributed by atoms with Crippen molar-refractivity contribution in [1.82, 2.24) is 4.90 Å². The van der Waals surface area contributed by atoms with Crippen LogP contribution in [0.1, 0.15) is 25.0 Å². The first kappa shape index (κ1) is 21.0. The Bertz CT molecular complexity index is 721. The molecule has 27 heavy (non-hydrogen) atoms. The van der Waals surface area contributed by atoms with E-state index in [-0.39, 0.29) is 13.2 Å². The topological polar surface area (TPSA) is 55.8 Å². The minimum atomic E-state index is -0.787. The Kier molecular flexibility index (Phi) is 8.33. The summed E-state index contributed by atoms with van der Waals surface area (Å²) in [4.78, 5) is 26.3. The van der Waals surface area contributed by atoms with Gasteiger partial charge in [-0.2, -0.15) is 0 Å². The normalized spacial score (nSPS) is 12.7. The first-order valence-corrected chi connectivity index (χ1v) is 9.78. The Hall–Kier alpha value is -2.34.